The van der Waals surface area contributed by atoms with E-state index in [1.165, 1.54) is 37.4 Å². The van der Waals surface area contributed by atoms with Crippen molar-refractivity contribution in [2.45, 2.75) is 6.42 Å². The minimum atomic E-state index is -0.506. The number of halogens is 2. The Morgan fingerprint density at radius 2 is 1.61 bits per heavy atom. The molecule has 0 saturated heterocycles. The van der Waals surface area contributed by atoms with Gasteiger partial charge in [-0.25, -0.2) is 4.39 Å². The molecule has 2 rings (SSSR count). The summed E-state index contributed by atoms with van der Waals surface area (Å²) in [6, 6.07) is 10.0. The van der Waals surface area contributed by atoms with Gasteiger partial charge in [-0.3, -0.25) is 9.59 Å². The van der Waals surface area contributed by atoms with Gasteiger partial charge >= 0.3 is 0 Å². The maximum absolute atomic E-state index is 12.8. The Kier molecular flexibility index (Phi) is 5.54. The second kappa shape index (κ2) is 7.60. The molecule has 0 aliphatic rings. The number of benzene rings is 2. The number of rotatable bonds is 5. The van der Waals surface area contributed by atoms with E-state index in [1.54, 1.807) is 12.1 Å². The van der Waals surface area contributed by atoms with E-state index < -0.39 is 17.6 Å². The van der Waals surface area contributed by atoms with Crippen LogP contribution in [0.25, 0.3) is 0 Å². The first-order valence-electron chi connectivity index (χ1n) is 6.67. The van der Waals surface area contributed by atoms with Crippen molar-refractivity contribution in [1.82, 2.24) is 0 Å². The highest BCUT2D eigenvalue weighted by Crippen LogP contribution is 2.27. The molecule has 0 saturated carbocycles. The molecule has 0 atom stereocenters. The minimum absolute atomic E-state index is 0.348. The van der Waals surface area contributed by atoms with Crippen LogP contribution in [0.15, 0.2) is 42.5 Å². The van der Waals surface area contributed by atoms with Gasteiger partial charge in [-0.2, -0.15) is 0 Å². The highest BCUT2D eigenvalue weighted by molar-refractivity contribution is 6.32. The first-order valence-corrected chi connectivity index (χ1v) is 7.04. The van der Waals surface area contributed by atoms with Crippen molar-refractivity contribution >= 4 is 34.8 Å². The maximum atomic E-state index is 12.8. The first-order chi connectivity index (χ1) is 11.0. The van der Waals surface area contributed by atoms with E-state index in [-0.39, 0.29) is 6.42 Å². The summed E-state index contributed by atoms with van der Waals surface area (Å²) >= 11 is 5.95. The number of hydrogen-bond acceptors (Lipinski definition) is 3. The molecule has 0 fully saturated rings. The summed E-state index contributed by atoms with van der Waals surface area (Å²) in [6.07, 6.45) is -0.374. The monoisotopic (exact) mass is 336 g/mol. The predicted molar refractivity (Wildman–Crippen MR) is 86.3 cm³/mol. The molecule has 2 N–H and O–H groups in total. The summed E-state index contributed by atoms with van der Waals surface area (Å²) in [5.74, 6) is -0.921. The van der Waals surface area contributed by atoms with Gasteiger partial charge < -0.3 is 15.4 Å². The largest absolute Gasteiger partial charge is 0.495 e. The van der Waals surface area contributed by atoms with E-state index in [0.29, 0.717) is 22.1 Å². The van der Waals surface area contributed by atoms with Gasteiger partial charge in [0.05, 0.1) is 12.1 Å². The second-order valence-corrected chi connectivity index (χ2v) is 5.04. The Hall–Kier alpha value is -2.60. The van der Waals surface area contributed by atoms with Crippen LogP contribution in [-0.4, -0.2) is 18.9 Å². The van der Waals surface area contributed by atoms with Crippen molar-refractivity contribution in [3.8, 4) is 5.75 Å². The lowest BCUT2D eigenvalue weighted by molar-refractivity contribution is -0.123. The zero-order chi connectivity index (χ0) is 16.8. The third kappa shape index (κ3) is 4.96. The molecule has 2 amide bonds. The Balaban J connectivity index is 1.90. The number of anilines is 2. The van der Waals surface area contributed by atoms with Crippen molar-refractivity contribution in [2.75, 3.05) is 17.7 Å². The van der Waals surface area contributed by atoms with Gasteiger partial charge in [-0.1, -0.05) is 11.6 Å². The van der Waals surface area contributed by atoms with Gasteiger partial charge in [0.2, 0.25) is 11.8 Å². The average molecular weight is 337 g/mol. The van der Waals surface area contributed by atoms with E-state index in [0.717, 1.165) is 0 Å². The predicted octanol–water partition coefficient (Wildman–Crippen LogP) is 3.46. The summed E-state index contributed by atoms with van der Waals surface area (Å²) in [5, 5.41) is 5.41. The molecule has 5 nitrogen and oxygen atoms in total. The van der Waals surface area contributed by atoms with Gasteiger partial charge in [0.15, 0.2) is 0 Å². The number of amides is 2. The zero-order valence-corrected chi connectivity index (χ0v) is 13.0. The standard InChI is InChI=1S/C16H14ClFN2O3/c1-23-14-7-6-12(8-13(14)17)20-16(22)9-15(21)19-11-4-2-10(18)3-5-11/h2-8H,9H2,1H3,(H,19,21)(H,20,22). The third-order valence-corrected chi connectivity index (χ3v) is 3.18. The van der Waals surface area contributed by atoms with Crippen LogP contribution in [0, 0.1) is 5.82 Å². The van der Waals surface area contributed by atoms with Crippen LogP contribution >= 0.6 is 11.6 Å². The highest BCUT2D eigenvalue weighted by atomic mass is 35.5. The van der Waals surface area contributed by atoms with Crippen molar-refractivity contribution in [2.24, 2.45) is 0 Å². The van der Waals surface area contributed by atoms with Gasteiger partial charge in [-0.15, -0.1) is 0 Å². The summed E-state index contributed by atoms with van der Waals surface area (Å²) in [6.45, 7) is 0. The van der Waals surface area contributed by atoms with Crippen LogP contribution in [0.4, 0.5) is 15.8 Å². The van der Waals surface area contributed by atoms with Crippen molar-refractivity contribution in [1.29, 1.82) is 0 Å². The van der Waals surface area contributed by atoms with Crippen LogP contribution < -0.4 is 15.4 Å². The molecule has 0 unspecified atom stereocenters. The van der Waals surface area contributed by atoms with Crippen molar-refractivity contribution in [3.05, 3.63) is 53.3 Å². The van der Waals surface area contributed by atoms with E-state index >= 15 is 0 Å². The Morgan fingerprint density at radius 3 is 2.17 bits per heavy atom. The van der Waals surface area contributed by atoms with E-state index in [4.69, 9.17) is 16.3 Å². The van der Waals surface area contributed by atoms with E-state index in [1.807, 2.05) is 0 Å². The smallest absolute Gasteiger partial charge is 0.233 e. The lowest BCUT2D eigenvalue weighted by atomic mass is 10.2. The van der Waals surface area contributed by atoms with Crippen molar-refractivity contribution in [3.63, 3.8) is 0 Å². The van der Waals surface area contributed by atoms with Crippen LogP contribution in [0.2, 0.25) is 5.02 Å². The summed E-state index contributed by atoms with van der Waals surface area (Å²) < 4.78 is 17.8. The summed E-state index contributed by atoms with van der Waals surface area (Å²) in [5.41, 5.74) is 0.868. The normalized spacial score (nSPS) is 10.0. The fourth-order valence-corrected chi connectivity index (χ4v) is 2.09. The third-order valence-electron chi connectivity index (χ3n) is 2.88. The zero-order valence-electron chi connectivity index (χ0n) is 12.2. The lowest BCUT2D eigenvalue weighted by Crippen LogP contribution is -2.21. The lowest BCUT2D eigenvalue weighted by Gasteiger charge is -2.08. The van der Waals surface area contributed by atoms with Crippen LogP contribution in [0.3, 0.4) is 0 Å². The summed E-state index contributed by atoms with van der Waals surface area (Å²) in [7, 11) is 1.49. The minimum Gasteiger partial charge on any atom is -0.495 e. The Morgan fingerprint density at radius 1 is 1.04 bits per heavy atom. The molecule has 2 aromatic carbocycles. The molecule has 120 valence electrons. The van der Waals surface area contributed by atoms with Gasteiger partial charge in [0, 0.05) is 11.4 Å². The van der Waals surface area contributed by atoms with Crippen LogP contribution in [-0.2, 0) is 9.59 Å². The average Bonchev–Trinajstić information content (AvgIpc) is 2.49. The second-order valence-electron chi connectivity index (χ2n) is 4.63. The SMILES string of the molecule is COc1ccc(NC(=O)CC(=O)Nc2ccc(F)cc2)cc1Cl. The number of methoxy groups -OCH3 is 1. The molecule has 0 radical (unpaired) electrons. The van der Waals surface area contributed by atoms with E-state index in [9.17, 15) is 14.0 Å². The molecule has 23 heavy (non-hydrogen) atoms. The fraction of sp³-hybridized carbons (Fsp3) is 0.125. The molecule has 0 bridgehead atoms. The topological polar surface area (TPSA) is 67.4 Å². The molecule has 0 aliphatic heterocycles. The highest BCUT2D eigenvalue weighted by Gasteiger charge is 2.11. The number of hydrogen-bond donors (Lipinski definition) is 2. The Labute approximate surface area is 137 Å². The Bertz CT molecular complexity index is 720. The molecular weight excluding hydrogens is 323 g/mol. The van der Waals surface area contributed by atoms with Crippen LogP contribution in [0.5, 0.6) is 5.75 Å². The first kappa shape index (κ1) is 16.8. The molecule has 0 aromatic heterocycles. The van der Waals surface area contributed by atoms with Gasteiger partial charge in [0.1, 0.15) is 18.0 Å². The molecule has 7 heteroatoms. The van der Waals surface area contributed by atoms with Gasteiger partial charge in [-0.05, 0) is 42.5 Å². The quantitative estimate of drug-likeness (QED) is 0.822. The van der Waals surface area contributed by atoms with E-state index in [2.05, 4.69) is 10.6 Å². The van der Waals surface area contributed by atoms with Crippen LogP contribution in [0.1, 0.15) is 6.42 Å². The molecular formula is C16H14ClFN2O3. The number of carbonyl (C=O) groups excluding carboxylic acids is 2. The number of nitrogens with one attached hydrogen (secondary N) is 2. The maximum Gasteiger partial charge on any atom is 0.233 e. The number of ether oxygens (including phenoxy) is 1. The fourth-order valence-electron chi connectivity index (χ4n) is 1.83. The molecule has 0 aliphatic carbocycles. The molecule has 0 heterocycles. The summed E-state index contributed by atoms with van der Waals surface area (Å²) in [4.78, 5) is 23.6. The molecule has 2 aromatic rings. The van der Waals surface area contributed by atoms with Crippen molar-refractivity contribution < 1.29 is 18.7 Å². The molecule has 0 spiro atoms. The number of carbonyl (C=O) groups is 2. The van der Waals surface area contributed by atoms with Gasteiger partial charge in [0.25, 0.3) is 0 Å².